The summed E-state index contributed by atoms with van der Waals surface area (Å²) in [5.74, 6) is -2.97. The van der Waals surface area contributed by atoms with E-state index in [9.17, 15) is 24.0 Å². The third-order valence-electron chi connectivity index (χ3n) is 8.48. The van der Waals surface area contributed by atoms with Gasteiger partial charge in [-0.25, -0.2) is 0 Å². The van der Waals surface area contributed by atoms with Crippen LogP contribution in [0.3, 0.4) is 0 Å². The van der Waals surface area contributed by atoms with Crippen molar-refractivity contribution < 1.29 is 47.7 Å². The normalized spacial score (nSPS) is 22.7. The number of imide groups is 1. The van der Waals surface area contributed by atoms with E-state index in [-0.39, 0.29) is 17.7 Å². The summed E-state index contributed by atoms with van der Waals surface area (Å²) in [7, 11) is 1.38. The van der Waals surface area contributed by atoms with E-state index in [1.807, 2.05) is 36.4 Å². The number of H-pyrrole nitrogens is 1. The molecule has 5 atom stereocenters. The monoisotopic (exact) mass is 627 g/mol. The SMILES string of the molecule is CO[C@H]1[C@H](OC(C)=O)[C@@H](OC(C)=O)[C@H](n2c3ccccc3c3c4c(c5c6ccccc6[nH]c5c32)C(=O)NC4=O)O[C@@H]1COC(C)=O. The Hall–Kier alpha value is -5.27. The molecule has 0 bridgehead atoms. The molecule has 13 heteroatoms. The number of para-hydroxylation sites is 2. The van der Waals surface area contributed by atoms with Crippen molar-refractivity contribution in [2.75, 3.05) is 13.7 Å². The van der Waals surface area contributed by atoms with Crippen molar-refractivity contribution in [3.8, 4) is 0 Å². The molecule has 0 aliphatic carbocycles. The number of nitrogens with one attached hydrogen (secondary N) is 2. The Labute approximate surface area is 260 Å². The van der Waals surface area contributed by atoms with Gasteiger partial charge in [0, 0.05) is 54.9 Å². The molecule has 2 aromatic heterocycles. The molecular formula is C33H29N3O10. The molecule has 46 heavy (non-hydrogen) atoms. The summed E-state index contributed by atoms with van der Waals surface area (Å²) in [4.78, 5) is 67.2. The second-order valence-electron chi connectivity index (χ2n) is 11.3. The number of aromatic amines is 1. The first kappa shape index (κ1) is 29.4. The zero-order chi connectivity index (χ0) is 32.4. The number of esters is 3. The highest BCUT2D eigenvalue weighted by molar-refractivity contribution is 6.39. The van der Waals surface area contributed by atoms with Crippen molar-refractivity contribution in [1.29, 1.82) is 0 Å². The van der Waals surface area contributed by atoms with Crippen LogP contribution in [0, 0.1) is 0 Å². The van der Waals surface area contributed by atoms with E-state index in [4.69, 9.17) is 23.7 Å². The van der Waals surface area contributed by atoms with Gasteiger partial charge in [0.1, 0.15) is 18.8 Å². The highest BCUT2D eigenvalue weighted by Gasteiger charge is 2.52. The van der Waals surface area contributed by atoms with E-state index in [0.29, 0.717) is 32.7 Å². The number of benzene rings is 3. The van der Waals surface area contributed by atoms with E-state index in [0.717, 1.165) is 10.9 Å². The summed E-state index contributed by atoms with van der Waals surface area (Å²) in [5, 5.41) is 4.83. The molecule has 1 saturated heterocycles. The van der Waals surface area contributed by atoms with Gasteiger partial charge in [-0.2, -0.15) is 0 Å². The van der Waals surface area contributed by atoms with Gasteiger partial charge in [0.05, 0.1) is 27.7 Å². The molecule has 0 unspecified atom stereocenters. The van der Waals surface area contributed by atoms with Gasteiger partial charge >= 0.3 is 17.9 Å². The topological polar surface area (TPSA) is 164 Å². The molecule has 5 aromatic rings. The van der Waals surface area contributed by atoms with Crippen LogP contribution in [-0.4, -0.2) is 77.4 Å². The summed E-state index contributed by atoms with van der Waals surface area (Å²) in [6, 6.07) is 14.6. The van der Waals surface area contributed by atoms with E-state index < -0.39 is 60.4 Å². The fraction of sp³-hybridized carbons (Fsp3) is 0.303. The molecule has 1 fully saturated rings. The maximum absolute atomic E-state index is 13.5. The number of aromatic nitrogens is 2. The highest BCUT2D eigenvalue weighted by Crippen LogP contribution is 2.47. The maximum atomic E-state index is 13.5. The van der Waals surface area contributed by atoms with Crippen LogP contribution in [0.4, 0.5) is 0 Å². The van der Waals surface area contributed by atoms with E-state index in [1.165, 1.54) is 27.9 Å². The highest BCUT2D eigenvalue weighted by atomic mass is 16.6. The molecule has 2 N–H and O–H groups in total. The maximum Gasteiger partial charge on any atom is 0.303 e. The van der Waals surface area contributed by atoms with E-state index in [2.05, 4.69) is 10.3 Å². The van der Waals surface area contributed by atoms with Crippen LogP contribution in [0.5, 0.6) is 0 Å². The number of rotatable bonds is 6. The number of nitrogens with zero attached hydrogens (tertiary/aromatic N) is 1. The number of carbonyl (C=O) groups is 5. The molecule has 236 valence electrons. The molecule has 2 amide bonds. The summed E-state index contributed by atoms with van der Waals surface area (Å²) >= 11 is 0. The minimum Gasteiger partial charge on any atom is -0.463 e. The van der Waals surface area contributed by atoms with Crippen LogP contribution in [0.2, 0.25) is 0 Å². The number of amides is 2. The number of carbonyl (C=O) groups excluding carboxylic acids is 5. The summed E-state index contributed by atoms with van der Waals surface area (Å²) in [6.45, 7) is 3.43. The lowest BCUT2D eigenvalue weighted by atomic mass is 9.96. The standard InChI is InChI=1S/C33H29N3O10/c1-14(37)43-13-21-28(42-4)29(44-15(2)38)30(45-16(3)39)33(46-21)36-20-12-8-6-10-18(20)23-25-24(31(40)35-32(25)41)22-17-9-5-7-11-19(17)34-26(22)27(23)36/h5-12,21,28-30,33-34H,13H2,1-4H3,(H,35,40,41)/t21-,28-,29+,30-,33-/m1/s1. The van der Waals surface area contributed by atoms with Crippen molar-refractivity contribution in [3.05, 3.63) is 59.7 Å². The molecule has 0 radical (unpaired) electrons. The number of fused-ring (bicyclic) bond motifs is 10. The van der Waals surface area contributed by atoms with Gasteiger partial charge in [0.25, 0.3) is 11.8 Å². The fourth-order valence-corrected chi connectivity index (χ4v) is 6.90. The van der Waals surface area contributed by atoms with Gasteiger partial charge < -0.3 is 33.2 Å². The van der Waals surface area contributed by atoms with Crippen molar-refractivity contribution in [2.45, 2.75) is 51.4 Å². The molecule has 0 saturated carbocycles. The van der Waals surface area contributed by atoms with Crippen LogP contribution in [-0.2, 0) is 38.1 Å². The summed E-state index contributed by atoms with van der Waals surface area (Å²) < 4.78 is 31.0. The Kier molecular flexibility index (Phi) is 7.02. The third kappa shape index (κ3) is 4.42. The first-order valence-electron chi connectivity index (χ1n) is 14.6. The number of hydrogen-bond donors (Lipinski definition) is 2. The van der Waals surface area contributed by atoms with Gasteiger partial charge in [0.15, 0.2) is 18.4 Å². The van der Waals surface area contributed by atoms with Crippen molar-refractivity contribution in [3.63, 3.8) is 0 Å². The molecule has 0 spiro atoms. The van der Waals surface area contributed by atoms with Gasteiger partial charge in [-0.3, -0.25) is 29.3 Å². The minimum atomic E-state index is -1.26. The number of methoxy groups -OCH3 is 1. The van der Waals surface area contributed by atoms with Crippen LogP contribution in [0.15, 0.2) is 48.5 Å². The molecule has 2 aliphatic rings. The molecule has 7 rings (SSSR count). The van der Waals surface area contributed by atoms with Crippen molar-refractivity contribution in [2.24, 2.45) is 0 Å². The lowest BCUT2D eigenvalue weighted by molar-refractivity contribution is -0.267. The average molecular weight is 628 g/mol. The predicted octanol–water partition coefficient (Wildman–Crippen LogP) is 3.65. The Morgan fingerprint density at radius 2 is 1.43 bits per heavy atom. The van der Waals surface area contributed by atoms with Crippen molar-refractivity contribution in [1.82, 2.24) is 14.9 Å². The molecule has 4 heterocycles. The van der Waals surface area contributed by atoms with Crippen LogP contribution < -0.4 is 5.32 Å². The first-order valence-corrected chi connectivity index (χ1v) is 14.6. The second kappa shape index (κ2) is 11.0. The molecule has 13 nitrogen and oxygen atoms in total. The summed E-state index contributed by atoms with van der Waals surface area (Å²) in [5.41, 5.74) is 2.78. The minimum absolute atomic E-state index is 0.204. The fourth-order valence-electron chi connectivity index (χ4n) is 6.90. The average Bonchev–Trinajstić information content (AvgIpc) is 3.65. The Morgan fingerprint density at radius 3 is 2.11 bits per heavy atom. The zero-order valence-corrected chi connectivity index (χ0v) is 25.2. The van der Waals surface area contributed by atoms with Gasteiger partial charge in [-0.1, -0.05) is 36.4 Å². The van der Waals surface area contributed by atoms with Crippen LogP contribution in [0.25, 0.3) is 43.6 Å². The van der Waals surface area contributed by atoms with Crippen molar-refractivity contribution >= 4 is 73.3 Å². The molecule has 2 aliphatic heterocycles. The predicted molar refractivity (Wildman–Crippen MR) is 163 cm³/mol. The van der Waals surface area contributed by atoms with Gasteiger partial charge in [0.2, 0.25) is 0 Å². The Morgan fingerprint density at radius 1 is 0.804 bits per heavy atom. The number of hydrogen-bond acceptors (Lipinski definition) is 10. The third-order valence-corrected chi connectivity index (χ3v) is 8.48. The van der Waals surface area contributed by atoms with Gasteiger partial charge in [-0.05, 0) is 12.1 Å². The smallest absolute Gasteiger partial charge is 0.303 e. The Bertz CT molecular complexity index is 2130. The second-order valence-corrected chi connectivity index (χ2v) is 11.3. The van der Waals surface area contributed by atoms with E-state index in [1.54, 1.807) is 16.7 Å². The first-order chi connectivity index (χ1) is 22.1. The number of ether oxygens (including phenoxy) is 5. The van der Waals surface area contributed by atoms with Crippen LogP contribution in [0.1, 0.15) is 47.7 Å². The largest absolute Gasteiger partial charge is 0.463 e. The lowest BCUT2D eigenvalue weighted by Crippen LogP contribution is -2.60. The van der Waals surface area contributed by atoms with E-state index >= 15 is 0 Å². The van der Waals surface area contributed by atoms with Gasteiger partial charge in [-0.15, -0.1) is 0 Å². The Balaban J connectivity index is 1.61. The summed E-state index contributed by atoms with van der Waals surface area (Å²) in [6.07, 6.45) is -5.64. The van der Waals surface area contributed by atoms with Crippen LogP contribution >= 0.6 is 0 Å². The quantitative estimate of drug-likeness (QED) is 0.161. The molecule has 3 aromatic carbocycles. The lowest BCUT2D eigenvalue weighted by Gasteiger charge is -2.45. The molecular weight excluding hydrogens is 598 g/mol. The zero-order valence-electron chi connectivity index (χ0n) is 25.2.